The van der Waals surface area contributed by atoms with Crippen LogP contribution in [0.1, 0.15) is 24.0 Å². The van der Waals surface area contributed by atoms with E-state index >= 15 is 0 Å². The molecule has 0 saturated carbocycles. The predicted octanol–water partition coefficient (Wildman–Crippen LogP) is 4.38. The summed E-state index contributed by atoms with van der Waals surface area (Å²) in [7, 11) is 3.16. The van der Waals surface area contributed by atoms with E-state index in [-0.39, 0.29) is 30.6 Å². The molecule has 0 aliphatic rings. The fourth-order valence-electron chi connectivity index (χ4n) is 3.74. The summed E-state index contributed by atoms with van der Waals surface area (Å²) < 4.78 is 24.3. The Labute approximate surface area is 205 Å². The minimum absolute atomic E-state index is 0.169. The van der Waals surface area contributed by atoms with Crippen molar-refractivity contribution in [3.8, 4) is 11.5 Å². The topological polar surface area (TPSA) is 67.9 Å². The van der Waals surface area contributed by atoms with Gasteiger partial charge in [0.05, 0.1) is 13.7 Å². The Morgan fingerprint density at radius 3 is 2.20 bits per heavy atom. The lowest BCUT2D eigenvalue weighted by molar-refractivity contribution is -0.141. The first-order chi connectivity index (χ1) is 17.0. The molecule has 1 N–H and O–H groups in total. The van der Waals surface area contributed by atoms with Gasteiger partial charge in [-0.3, -0.25) is 9.59 Å². The van der Waals surface area contributed by atoms with Crippen LogP contribution in [0.4, 0.5) is 4.39 Å². The lowest BCUT2D eigenvalue weighted by Crippen LogP contribution is -2.49. The highest BCUT2D eigenvalue weighted by Crippen LogP contribution is 2.19. The lowest BCUT2D eigenvalue weighted by atomic mass is 10.0. The highest BCUT2D eigenvalue weighted by molar-refractivity contribution is 5.87. The third-order valence-corrected chi connectivity index (χ3v) is 5.65. The molecule has 0 aliphatic heterocycles. The van der Waals surface area contributed by atoms with Crippen molar-refractivity contribution in [3.63, 3.8) is 0 Å². The maximum Gasteiger partial charge on any atom is 0.242 e. The van der Waals surface area contributed by atoms with Gasteiger partial charge in [-0.2, -0.15) is 0 Å². The summed E-state index contributed by atoms with van der Waals surface area (Å²) in [6.45, 7) is 0.551. The molecule has 0 aromatic heterocycles. The van der Waals surface area contributed by atoms with Crippen molar-refractivity contribution in [1.82, 2.24) is 10.2 Å². The van der Waals surface area contributed by atoms with E-state index in [0.29, 0.717) is 25.2 Å². The molecule has 0 spiro atoms. The van der Waals surface area contributed by atoms with Crippen molar-refractivity contribution < 1.29 is 23.5 Å². The third-order valence-electron chi connectivity index (χ3n) is 5.65. The first-order valence-corrected chi connectivity index (χ1v) is 11.6. The molecule has 0 bridgehead atoms. The van der Waals surface area contributed by atoms with Crippen LogP contribution in [-0.2, 0) is 22.6 Å². The second kappa shape index (κ2) is 13.1. The Bertz CT molecular complexity index is 1070. The Hall–Kier alpha value is -3.87. The largest absolute Gasteiger partial charge is 0.497 e. The number of likely N-dealkylation sites (N-methyl/N-ethyl adjacent to an activating group) is 1. The summed E-state index contributed by atoms with van der Waals surface area (Å²) in [6.07, 6.45) is 1.06. The van der Waals surface area contributed by atoms with E-state index in [0.717, 1.165) is 16.9 Å². The summed E-state index contributed by atoms with van der Waals surface area (Å²) >= 11 is 0. The fourth-order valence-corrected chi connectivity index (χ4v) is 3.74. The van der Waals surface area contributed by atoms with Crippen LogP contribution in [-0.4, -0.2) is 43.5 Å². The third kappa shape index (κ3) is 7.84. The summed E-state index contributed by atoms with van der Waals surface area (Å²) in [5.41, 5.74) is 1.69. The molecule has 0 aliphatic carbocycles. The Balaban J connectivity index is 1.71. The van der Waals surface area contributed by atoms with Crippen molar-refractivity contribution in [2.45, 2.75) is 31.8 Å². The van der Waals surface area contributed by atoms with Crippen LogP contribution in [0.25, 0.3) is 0 Å². The Morgan fingerprint density at radius 2 is 1.57 bits per heavy atom. The molecule has 0 saturated heterocycles. The molecule has 35 heavy (non-hydrogen) atoms. The van der Waals surface area contributed by atoms with Gasteiger partial charge in [-0.1, -0.05) is 42.5 Å². The number of methoxy groups -OCH3 is 1. The van der Waals surface area contributed by atoms with Gasteiger partial charge in [0.2, 0.25) is 11.8 Å². The zero-order valence-corrected chi connectivity index (χ0v) is 20.1. The van der Waals surface area contributed by atoms with Gasteiger partial charge in [-0.05, 0) is 53.9 Å². The van der Waals surface area contributed by atoms with Crippen LogP contribution < -0.4 is 14.8 Å². The average Bonchev–Trinajstić information content (AvgIpc) is 2.90. The SMILES string of the molecule is CNC(=O)C(Cc1ccccc1)N(Cc1ccc(F)cc1)C(=O)CCCOc1ccc(OC)cc1. The number of hydrogen-bond donors (Lipinski definition) is 1. The molecule has 0 radical (unpaired) electrons. The molecular formula is C28H31FN2O4. The number of hydrogen-bond acceptors (Lipinski definition) is 4. The van der Waals surface area contributed by atoms with E-state index in [1.807, 2.05) is 54.6 Å². The van der Waals surface area contributed by atoms with E-state index in [1.165, 1.54) is 12.1 Å². The molecule has 3 aromatic carbocycles. The maximum absolute atomic E-state index is 13.4. The monoisotopic (exact) mass is 478 g/mol. The molecule has 184 valence electrons. The summed E-state index contributed by atoms with van der Waals surface area (Å²) in [5.74, 6) is 0.654. The Kier molecular flexibility index (Phi) is 9.66. The van der Waals surface area contributed by atoms with Crippen LogP contribution >= 0.6 is 0 Å². The molecule has 7 heteroatoms. The number of benzene rings is 3. The van der Waals surface area contributed by atoms with Crippen LogP contribution in [0.15, 0.2) is 78.9 Å². The minimum Gasteiger partial charge on any atom is -0.497 e. The van der Waals surface area contributed by atoms with Gasteiger partial charge < -0.3 is 19.7 Å². The number of rotatable bonds is 12. The first-order valence-electron chi connectivity index (χ1n) is 11.6. The van der Waals surface area contributed by atoms with E-state index < -0.39 is 6.04 Å². The molecular weight excluding hydrogens is 447 g/mol. The van der Waals surface area contributed by atoms with Gasteiger partial charge in [-0.15, -0.1) is 0 Å². The smallest absolute Gasteiger partial charge is 0.242 e. The minimum atomic E-state index is -0.706. The highest BCUT2D eigenvalue weighted by atomic mass is 19.1. The molecule has 3 aromatic rings. The van der Waals surface area contributed by atoms with E-state index in [9.17, 15) is 14.0 Å². The van der Waals surface area contributed by atoms with Gasteiger partial charge in [0.1, 0.15) is 23.4 Å². The maximum atomic E-state index is 13.4. The zero-order valence-electron chi connectivity index (χ0n) is 20.1. The number of ether oxygens (including phenoxy) is 2. The second-order valence-electron chi connectivity index (χ2n) is 8.10. The van der Waals surface area contributed by atoms with Gasteiger partial charge >= 0.3 is 0 Å². The molecule has 0 heterocycles. The van der Waals surface area contributed by atoms with E-state index in [2.05, 4.69) is 5.32 Å². The molecule has 0 fully saturated rings. The van der Waals surface area contributed by atoms with E-state index in [4.69, 9.17) is 9.47 Å². The van der Waals surface area contributed by atoms with Crippen molar-refractivity contribution in [3.05, 3.63) is 95.8 Å². The summed E-state index contributed by atoms with van der Waals surface area (Å²) in [4.78, 5) is 27.8. The zero-order chi connectivity index (χ0) is 25.0. The molecule has 1 unspecified atom stereocenters. The van der Waals surface area contributed by atoms with Gasteiger partial charge in [0.25, 0.3) is 0 Å². The number of halogens is 1. The number of carbonyl (C=O) groups is 2. The molecule has 3 rings (SSSR count). The van der Waals surface area contributed by atoms with E-state index in [1.54, 1.807) is 31.2 Å². The fraction of sp³-hybridized carbons (Fsp3) is 0.286. The Morgan fingerprint density at radius 1 is 0.914 bits per heavy atom. The number of nitrogens with one attached hydrogen (secondary N) is 1. The van der Waals surface area contributed by atoms with Crippen LogP contribution in [0.2, 0.25) is 0 Å². The predicted molar refractivity (Wildman–Crippen MR) is 133 cm³/mol. The summed E-state index contributed by atoms with van der Waals surface area (Å²) in [5, 5.41) is 2.69. The van der Waals surface area contributed by atoms with Crippen molar-refractivity contribution in [2.75, 3.05) is 20.8 Å². The molecule has 6 nitrogen and oxygen atoms in total. The van der Waals surface area contributed by atoms with Crippen LogP contribution in [0, 0.1) is 5.82 Å². The number of carbonyl (C=O) groups excluding carboxylic acids is 2. The second-order valence-corrected chi connectivity index (χ2v) is 8.10. The quantitative estimate of drug-likeness (QED) is 0.393. The van der Waals surface area contributed by atoms with Crippen molar-refractivity contribution >= 4 is 11.8 Å². The van der Waals surface area contributed by atoms with Crippen molar-refractivity contribution in [2.24, 2.45) is 0 Å². The normalized spacial score (nSPS) is 11.4. The van der Waals surface area contributed by atoms with Gasteiger partial charge in [-0.25, -0.2) is 4.39 Å². The summed E-state index contributed by atoms with van der Waals surface area (Å²) in [6, 6.07) is 22.1. The number of amides is 2. The van der Waals surface area contributed by atoms with Gasteiger partial charge in [0, 0.05) is 26.4 Å². The van der Waals surface area contributed by atoms with Crippen molar-refractivity contribution in [1.29, 1.82) is 0 Å². The van der Waals surface area contributed by atoms with Gasteiger partial charge in [0.15, 0.2) is 0 Å². The molecule has 2 amide bonds. The highest BCUT2D eigenvalue weighted by Gasteiger charge is 2.29. The number of nitrogens with zero attached hydrogens (tertiary/aromatic N) is 1. The van der Waals surface area contributed by atoms with Crippen LogP contribution in [0.5, 0.6) is 11.5 Å². The standard InChI is InChI=1S/C28H31FN2O4/c1-30-28(33)26(19-21-7-4-3-5-8-21)31(20-22-10-12-23(29)13-11-22)27(32)9-6-18-35-25-16-14-24(34-2)15-17-25/h3-5,7-8,10-17,26H,6,9,18-20H2,1-2H3,(H,30,33). The molecule has 1 atom stereocenters. The average molecular weight is 479 g/mol. The lowest BCUT2D eigenvalue weighted by Gasteiger charge is -2.31. The first kappa shape index (κ1) is 25.7. The van der Waals surface area contributed by atoms with Crippen LogP contribution in [0.3, 0.4) is 0 Å².